The molecule has 0 radical (unpaired) electrons. The molecule has 130 valence electrons. The van der Waals surface area contributed by atoms with Crippen LogP contribution in [-0.4, -0.2) is 50.8 Å². The Bertz CT molecular complexity index is 574. The Morgan fingerprint density at radius 2 is 1.91 bits per heavy atom. The number of sulfone groups is 1. The van der Waals surface area contributed by atoms with Gasteiger partial charge >= 0.3 is 0 Å². The van der Waals surface area contributed by atoms with Gasteiger partial charge in [-0.2, -0.15) is 0 Å². The lowest BCUT2D eigenvalue weighted by Crippen LogP contribution is -2.40. The fraction of sp³-hybridized carbons (Fsp3) is 0.562. The molecule has 23 heavy (non-hydrogen) atoms. The Labute approximate surface area is 144 Å². The Hall–Kier alpha value is -1.21. The first kappa shape index (κ1) is 19.8. The van der Waals surface area contributed by atoms with E-state index in [2.05, 4.69) is 34.7 Å². The second-order valence-corrected chi connectivity index (χ2v) is 9.11. The molecule has 0 aromatic heterocycles. The third-order valence-corrected chi connectivity index (χ3v) is 5.88. The second-order valence-electron chi connectivity index (χ2n) is 5.12. The largest absolute Gasteiger partial charge is 0.357 e. The first-order chi connectivity index (χ1) is 11.0. The molecule has 0 fully saturated rings. The molecule has 1 atom stereocenters. The van der Waals surface area contributed by atoms with E-state index in [-0.39, 0.29) is 11.5 Å². The molecular weight excluding hydrogens is 330 g/mol. The molecule has 2 N–H and O–H groups in total. The summed E-state index contributed by atoms with van der Waals surface area (Å²) >= 11 is 1.78. The van der Waals surface area contributed by atoms with Crippen LogP contribution >= 0.6 is 11.8 Å². The number of benzene rings is 1. The Morgan fingerprint density at radius 3 is 2.52 bits per heavy atom. The number of thioether (sulfide) groups is 1. The Morgan fingerprint density at radius 1 is 1.22 bits per heavy atom. The smallest absolute Gasteiger partial charge is 0.191 e. The maximum absolute atomic E-state index is 11.5. The van der Waals surface area contributed by atoms with Crippen molar-refractivity contribution in [3.8, 4) is 0 Å². The van der Waals surface area contributed by atoms with Crippen LogP contribution < -0.4 is 10.6 Å². The number of rotatable bonds is 9. The van der Waals surface area contributed by atoms with Crippen molar-refractivity contribution in [2.24, 2.45) is 4.99 Å². The monoisotopic (exact) mass is 357 g/mol. The highest BCUT2D eigenvalue weighted by molar-refractivity contribution is 8.00. The number of aliphatic imine (C=N–C) groups is 1. The second kappa shape index (κ2) is 10.5. The fourth-order valence-corrected chi connectivity index (χ4v) is 3.43. The predicted molar refractivity (Wildman–Crippen MR) is 100 cm³/mol. The Balaban J connectivity index is 2.47. The summed E-state index contributed by atoms with van der Waals surface area (Å²) < 4.78 is 23.0. The molecule has 0 bridgehead atoms. The standard InChI is InChI=1S/C16H27N3O2S2/c1-4-17-16(18-11-12-23(20,21)5-2)19-13-14(3)22-15-9-7-6-8-10-15/h6-10,14H,4-5,11-13H2,1-3H3,(H2,17,18,19). The summed E-state index contributed by atoms with van der Waals surface area (Å²) in [6.45, 7) is 7.57. The maximum Gasteiger partial charge on any atom is 0.191 e. The van der Waals surface area contributed by atoms with Crippen LogP contribution in [-0.2, 0) is 9.84 Å². The third-order valence-electron chi connectivity index (χ3n) is 3.08. The average Bonchev–Trinajstić information content (AvgIpc) is 2.53. The van der Waals surface area contributed by atoms with Crippen LogP contribution in [0.3, 0.4) is 0 Å². The fourth-order valence-electron chi connectivity index (χ4n) is 1.80. The van der Waals surface area contributed by atoms with Crippen LogP contribution in [0.2, 0.25) is 0 Å². The van der Waals surface area contributed by atoms with Crippen LogP contribution in [0.5, 0.6) is 0 Å². The van der Waals surface area contributed by atoms with Crippen molar-refractivity contribution in [3.63, 3.8) is 0 Å². The number of hydrogen-bond donors (Lipinski definition) is 2. The zero-order chi connectivity index (χ0) is 17.1. The molecule has 0 aliphatic rings. The molecule has 1 unspecified atom stereocenters. The lowest BCUT2D eigenvalue weighted by molar-refractivity contribution is 0.595. The van der Waals surface area contributed by atoms with Gasteiger partial charge in [0, 0.05) is 29.0 Å². The van der Waals surface area contributed by atoms with E-state index >= 15 is 0 Å². The molecule has 0 spiro atoms. The van der Waals surface area contributed by atoms with Gasteiger partial charge in [-0.3, -0.25) is 4.99 Å². The van der Waals surface area contributed by atoms with Crippen LogP contribution in [0.15, 0.2) is 40.2 Å². The van der Waals surface area contributed by atoms with Gasteiger partial charge in [-0.15, -0.1) is 11.8 Å². The number of hydrogen-bond acceptors (Lipinski definition) is 4. The molecule has 0 aliphatic heterocycles. The van der Waals surface area contributed by atoms with E-state index in [4.69, 9.17) is 0 Å². The first-order valence-electron chi connectivity index (χ1n) is 7.91. The van der Waals surface area contributed by atoms with E-state index in [9.17, 15) is 8.42 Å². The molecule has 1 rings (SSSR count). The minimum atomic E-state index is -2.95. The summed E-state index contributed by atoms with van der Waals surface area (Å²) in [7, 11) is -2.95. The number of nitrogens with zero attached hydrogens (tertiary/aromatic N) is 1. The van der Waals surface area contributed by atoms with E-state index in [1.165, 1.54) is 4.90 Å². The van der Waals surface area contributed by atoms with Gasteiger partial charge in [0.05, 0.1) is 12.3 Å². The first-order valence-corrected chi connectivity index (χ1v) is 10.6. The van der Waals surface area contributed by atoms with Gasteiger partial charge < -0.3 is 10.6 Å². The zero-order valence-corrected chi connectivity index (χ0v) is 15.7. The van der Waals surface area contributed by atoms with Crippen LogP contribution in [0, 0.1) is 0 Å². The summed E-state index contributed by atoms with van der Waals surface area (Å²) in [5.74, 6) is 0.967. The zero-order valence-electron chi connectivity index (χ0n) is 14.1. The highest BCUT2D eigenvalue weighted by Gasteiger charge is 2.08. The van der Waals surface area contributed by atoms with Crippen molar-refractivity contribution >= 4 is 27.6 Å². The van der Waals surface area contributed by atoms with Crippen LogP contribution in [0.4, 0.5) is 0 Å². The molecule has 1 aromatic carbocycles. The Kier molecular flexibility index (Phi) is 9.09. The topological polar surface area (TPSA) is 70.6 Å². The van der Waals surface area contributed by atoms with E-state index in [1.807, 2.05) is 25.1 Å². The maximum atomic E-state index is 11.5. The predicted octanol–water partition coefficient (Wildman–Crippen LogP) is 2.16. The van der Waals surface area contributed by atoms with Crippen molar-refractivity contribution in [3.05, 3.63) is 30.3 Å². The lowest BCUT2D eigenvalue weighted by atomic mass is 10.4. The summed E-state index contributed by atoms with van der Waals surface area (Å²) in [6.07, 6.45) is 0. The van der Waals surface area contributed by atoms with E-state index in [0.29, 0.717) is 24.3 Å². The van der Waals surface area contributed by atoms with Gasteiger partial charge in [-0.25, -0.2) is 8.42 Å². The van der Waals surface area contributed by atoms with Crippen molar-refractivity contribution in [2.45, 2.75) is 30.9 Å². The molecule has 5 nitrogen and oxygen atoms in total. The van der Waals surface area contributed by atoms with E-state index in [0.717, 1.165) is 6.54 Å². The minimum Gasteiger partial charge on any atom is -0.357 e. The highest BCUT2D eigenvalue weighted by Crippen LogP contribution is 2.22. The number of nitrogens with one attached hydrogen (secondary N) is 2. The molecular formula is C16H27N3O2S2. The summed E-state index contributed by atoms with van der Waals surface area (Å²) in [5, 5.41) is 6.56. The van der Waals surface area contributed by atoms with Gasteiger partial charge in [-0.1, -0.05) is 32.0 Å². The molecule has 0 heterocycles. The normalized spacial score (nSPS) is 13.6. The van der Waals surface area contributed by atoms with Gasteiger partial charge in [0.1, 0.15) is 0 Å². The summed E-state index contributed by atoms with van der Waals surface area (Å²) in [4.78, 5) is 5.76. The van der Waals surface area contributed by atoms with Crippen LogP contribution in [0.1, 0.15) is 20.8 Å². The molecule has 0 aliphatic carbocycles. The van der Waals surface area contributed by atoms with Crippen molar-refractivity contribution in [1.29, 1.82) is 0 Å². The third kappa shape index (κ3) is 8.86. The summed E-state index contributed by atoms with van der Waals surface area (Å²) in [6, 6.07) is 10.2. The van der Waals surface area contributed by atoms with Gasteiger partial charge in [0.2, 0.25) is 0 Å². The van der Waals surface area contributed by atoms with Gasteiger partial charge in [0.25, 0.3) is 0 Å². The minimum absolute atomic E-state index is 0.127. The molecule has 0 saturated carbocycles. The van der Waals surface area contributed by atoms with Crippen molar-refractivity contribution in [1.82, 2.24) is 10.6 Å². The molecule has 0 amide bonds. The molecule has 7 heteroatoms. The molecule has 1 aromatic rings. The highest BCUT2D eigenvalue weighted by atomic mass is 32.2. The van der Waals surface area contributed by atoms with Crippen molar-refractivity contribution < 1.29 is 8.42 Å². The van der Waals surface area contributed by atoms with E-state index in [1.54, 1.807) is 18.7 Å². The SMILES string of the molecule is CCNC(=NCC(C)Sc1ccccc1)NCCS(=O)(=O)CC. The quantitative estimate of drug-likeness (QED) is 0.403. The lowest BCUT2D eigenvalue weighted by Gasteiger charge is -2.13. The average molecular weight is 358 g/mol. The van der Waals surface area contributed by atoms with Gasteiger partial charge in [0.15, 0.2) is 15.8 Å². The van der Waals surface area contributed by atoms with Gasteiger partial charge in [-0.05, 0) is 19.1 Å². The number of guanidine groups is 1. The molecule has 0 saturated heterocycles. The van der Waals surface area contributed by atoms with Crippen molar-refractivity contribution in [2.75, 3.05) is 31.1 Å². The van der Waals surface area contributed by atoms with E-state index < -0.39 is 9.84 Å². The summed E-state index contributed by atoms with van der Waals surface area (Å²) in [5.41, 5.74) is 0. The van der Waals surface area contributed by atoms with Crippen LogP contribution in [0.25, 0.3) is 0 Å².